The van der Waals surface area contributed by atoms with E-state index >= 15 is 0 Å². The molecule has 0 aromatic heterocycles. The van der Waals surface area contributed by atoms with Gasteiger partial charge in [0.05, 0.1) is 6.42 Å². The van der Waals surface area contributed by atoms with E-state index < -0.39 is 18.5 Å². The van der Waals surface area contributed by atoms with E-state index in [1.54, 1.807) is 24.3 Å². The van der Waals surface area contributed by atoms with Crippen molar-refractivity contribution < 1.29 is 18.0 Å². The molecule has 5 heteroatoms. The molecule has 1 aromatic carbocycles. The van der Waals surface area contributed by atoms with E-state index in [0.29, 0.717) is 5.56 Å². The first kappa shape index (κ1) is 15.4. The highest BCUT2D eigenvalue weighted by Gasteiger charge is 2.33. The number of carbonyl (C=O) groups excluding carboxylic acids is 1. The molecule has 21 heavy (non-hydrogen) atoms. The Morgan fingerprint density at radius 1 is 1.24 bits per heavy atom. The van der Waals surface area contributed by atoms with Crippen LogP contribution in [0.15, 0.2) is 30.3 Å². The fourth-order valence-electron chi connectivity index (χ4n) is 2.11. The van der Waals surface area contributed by atoms with Gasteiger partial charge in [-0.15, -0.1) is 0 Å². The van der Waals surface area contributed by atoms with Gasteiger partial charge >= 0.3 is 6.18 Å². The Hall–Kier alpha value is -1.96. The van der Waals surface area contributed by atoms with Crippen LogP contribution in [-0.2, 0) is 4.79 Å². The van der Waals surface area contributed by atoms with Crippen LogP contribution in [0, 0.1) is 11.8 Å². The van der Waals surface area contributed by atoms with Crippen molar-refractivity contribution in [1.29, 1.82) is 0 Å². The van der Waals surface area contributed by atoms with Gasteiger partial charge in [-0.1, -0.05) is 24.1 Å². The van der Waals surface area contributed by atoms with Gasteiger partial charge in [0.15, 0.2) is 0 Å². The Morgan fingerprint density at radius 2 is 1.90 bits per heavy atom. The van der Waals surface area contributed by atoms with E-state index in [9.17, 15) is 18.0 Å². The van der Waals surface area contributed by atoms with Gasteiger partial charge in [0, 0.05) is 24.1 Å². The highest BCUT2D eigenvalue weighted by atomic mass is 19.4. The van der Waals surface area contributed by atoms with Gasteiger partial charge in [0.25, 0.3) is 5.91 Å². The number of hydrogen-bond acceptors (Lipinski definition) is 1. The van der Waals surface area contributed by atoms with E-state index in [0.717, 1.165) is 19.3 Å². The second-order valence-corrected chi connectivity index (χ2v) is 5.06. The number of carbonyl (C=O) groups is 1. The molecular formula is C16H16F3NO. The Morgan fingerprint density at radius 3 is 2.43 bits per heavy atom. The van der Waals surface area contributed by atoms with Crippen LogP contribution in [0.25, 0.3) is 0 Å². The summed E-state index contributed by atoms with van der Waals surface area (Å²) in [5, 5.41) is 0. The van der Waals surface area contributed by atoms with Crippen LogP contribution in [0.3, 0.4) is 0 Å². The summed E-state index contributed by atoms with van der Waals surface area (Å²) in [4.78, 5) is 13.3. The summed E-state index contributed by atoms with van der Waals surface area (Å²) in [6, 6.07) is 8.83. The lowest BCUT2D eigenvalue weighted by Gasteiger charge is -2.36. The number of nitrogens with zero attached hydrogens (tertiary/aromatic N) is 1. The third-order valence-corrected chi connectivity index (χ3v) is 3.50. The van der Waals surface area contributed by atoms with Crippen LogP contribution >= 0.6 is 0 Å². The van der Waals surface area contributed by atoms with Crippen LogP contribution in [0.5, 0.6) is 0 Å². The Bertz CT molecular complexity index is 538. The number of benzene rings is 1. The molecule has 2 rings (SSSR count). The summed E-state index contributed by atoms with van der Waals surface area (Å²) in [5.41, 5.74) is 0.676. The van der Waals surface area contributed by atoms with Gasteiger partial charge in [0.2, 0.25) is 0 Å². The van der Waals surface area contributed by atoms with Crippen molar-refractivity contribution in [2.45, 2.75) is 37.9 Å². The van der Waals surface area contributed by atoms with Crippen LogP contribution in [0.1, 0.15) is 31.2 Å². The third kappa shape index (κ3) is 4.82. The Kier molecular flexibility index (Phi) is 4.89. The highest BCUT2D eigenvalue weighted by Crippen LogP contribution is 2.27. The highest BCUT2D eigenvalue weighted by molar-refractivity contribution is 5.94. The Labute approximate surface area is 121 Å². The lowest BCUT2D eigenvalue weighted by atomic mass is 9.91. The molecule has 1 aliphatic carbocycles. The van der Waals surface area contributed by atoms with Crippen LogP contribution in [0.2, 0.25) is 0 Å². The summed E-state index contributed by atoms with van der Waals surface area (Å²) >= 11 is 0. The summed E-state index contributed by atoms with van der Waals surface area (Å²) in [5.74, 6) is 4.64. The van der Waals surface area contributed by atoms with Crippen molar-refractivity contribution in [1.82, 2.24) is 4.90 Å². The van der Waals surface area contributed by atoms with Gasteiger partial charge in [-0.25, -0.2) is 0 Å². The maximum absolute atomic E-state index is 12.3. The van der Waals surface area contributed by atoms with E-state index in [1.807, 2.05) is 6.07 Å². The van der Waals surface area contributed by atoms with Crippen LogP contribution in [0.4, 0.5) is 13.2 Å². The normalized spacial score (nSPS) is 14.8. The molecule has 0 spiro atoms. The number of hydrogen-bond donors (Lipinski definition) is 0. The zero-order valence-corrected chi connectivity index (χ0v) is 11.5. The summed E-state index contributed by atoms with van der Waals surface area (Å²) in [7, 11) is 0. The second-order valence-electron chi connectivity index (χ2n) is 5.06. The Balaban J connectivity index is 2.02. The van der Waals surface area contributed by atoms with Gasteiger partial charge in [0.1, 0.15) is 0 Å². The first-order valence-electron chi connectivity index (χ1n) is 6.90. The molecule has 1 saturated carbocycles. The van der Waals surface area contributed by atoms with Crippen molar-refractivity contribution in [3.05, 3.63) is 35.9 Å². The lowest BCUT2D eigenvalue weighted by molar-refractivity contribution is -0.146. The molecule has 0 heterocycles. The summed E-state index contributed by atoms with van der Waals surface area (Å²) < 4.78 is 37.0. The van der Waals surface area contributed by atoms with Crippen LogP contribution in [-0.4, -0.2) is 29.6 Å². The largest absolute Gasteiger partial charge is 0.390 e. The van der Waals surface area contributed by atoms with Crippen molar-refractivity contribution >= 4 is 5.91 Å². The van der Waals surface area contributed by atoms with E-state index in [4.69, 9.17) is 0 Å². The van der Waals surface area contributed by atoms with Gasteiger partial charge in [-0.3, -0.25) is 4.79 Å². The molecule has 112 valence electrons. The maximum Gasteiger partial charge on any atom is 0.390 e. The van der Waals surface area contributed by atoms with Crippen molar-refractivity contribution in [2.24, 2.45) is 0 Å². The molecule has 0 atom stereocenters. The number of halogens is 3. The molecule has 0 aliphatic heterocycles. The smallest absolute Gasteiger partial charge is 0.329 e. The zero-order chi connectivity index (χ0) is 15.3. The summed E-state index contributed by atoms with van der Waals surface area (Å²) in [6.45, 7) is -0.309. The monoisotopic (exact) mass is 295 g/mol. The molecule has 1 aliphatic rings. The molecule has 1 fully saturated rings. The molecular weight excluding hydrogens is 279 g/mol. The number of alkyl halides is 3. The minimum Gasteiger partial charge on any atom is -0.329 e. The second kappa shape index (κ2) is 6.66. The van der Waals surface area contributed by atoms with Crippen molar-refractivity contribution in [2.75, 3.05) is 6.54 Å². The van der Waals surface area contributed by atoms with Crippen LogP contribution < -0.4 is 0 Å². The molecule has 0 bridgehead atoms. The predicted octanol–water partition coefficient (Wildman–Crippen LogP) is 3.37. The fraction of sp³-hybridized carbons (Fsp3) is 0.438. The minimum absolute atomic E-state index is 0.0927. The average Bonchev–Trinajstić information content (AvgIpc) is 2.38. The number of amides is 1. The van der Waals surface area contributed by atoms with E-state index in [-0.39, 0.29) is 12.6 Å². The first-order chi connectivity index (χ1) is 9.96. The molecule has 1 amide bonds. The van der Waals surface area contributed by atoms with Gasteiger partial charge in [-0.2, -0.15) is 13.2 Å². The molecule has 0 radical (unpaired) electrons. The topological polar surface area (TPSA) is 20.3 Å². The lowest BCUT2D eigenvalue weighted by Crippen LogP contribution is -2.45. The molecule has 0 saturated heterocycles. The first-order valence-corrected chi connectivity index (χ1v) is 6.90. The van der Waals surface area contributed by atoms with Gasteiger partial charge in [-0.05, 0) is 31.4 Å². The zero-order valence-electron chi connectivity index (χ0n) is 11.5. The SMILES string of the molecule is O=C(C#Cc1ccccc1)N(CCC(F)(F)F)C1CCC1. The van der Waals surface area contributed by atoms with E-state index in [2.05, 4.69) is 11.8 Å². The predicted molar refractivity (Wildman–Crippen MR) is 73.3 cm³/mol. The molecule has 0 N–H and O–H groups in total. The van der Waals surface area contributed by atoms with Crippen molar-refractivity contribution in [3.63, 3.8) is 0 Å². The maximum atomic E-state index is 12.3. The van der Waals surface area contributed by atoms with E-state index in [1.165, 1.54) is 4.90 Å². The molecule has 0 unspecified atom stereocenters. The molecule has 2 nitrogen and oxygen atoms in total. The number of rotatable bonds is 3. The summed E-state index contributed by atoms with van der Waals surface area (Å²) in [6.07, 6.45) is -2.77. The van der Waals surface area contributed by atoms with Gasteiger partial charge < -0.3 is 4.90 Å². The minimum atomic E-state index is -4.25. The third-order valence-electron chi connectivity index (χ3n) is 3.50. The average molecular weight is 295 g/mol. The molecule has 1 aromatic rings. The van der Waals surface area contributed by atoms with Crippen molar-refractivity contribution in [3.8, 4) is 11.8 Å². The quantitative estimate of drug-likeness (QED) is 0.783. The standard InChI is InChI=1S/C16H16F3NO/c17-16(18,19)11-12-20(14-7-4-8-14)15(21)10-9-13-5-2-1-3-6-13/h1-3,5-6,14H,4,7-8,11-12H2. The fourth-order valence-corrected chi connectivity index (χ4v) is 2.11.